The summed E-state index contributed by atoms with van der Waals surface area (Å²) in [5.74, 6) is -0.426. The van der Waals surface area contributed by atoms with Gasteiger partial charge in [0.15, 0.2) is 0 Å². The second kappa shape index (κ2) is 9.06. The summed E-state index contributed by atoms with van der Waals surface area (Å²) < 4.78 is 0. The first kappa shape index (κ1) is 17.1. The van der Waals surface area contributed by atoms with Crippen LogP contribution in [0.25, 0.3) is 0 Å². The molecule has 114 valence electrons. The van der Waals surface area contributed by atoms with Gasteiger partial charge in [0, 0.05) is 32.0 Å². The van der Waals surface area contributed by atoms with Crippen LogP contribution < -0.4 is 5.32 Å². The molecule has 1 aromatic carbocycles. The van der Waals surface area contributed by atoms with E-state index in [9.17, 15) is 14.9 Å². The largest absolute Gasteiger partial charge is 0.319 e. The summed E-state index contributed by atoms with van der Waals surface area (Å²) in [5.41, 5.74) is -0.0607. The Hall–Kier alpha value is -2.97. The van der Waals surface area contributed by atoms with Crippen LogP contribution >= 0.6 is 0 Å². The lowest BCUT2D eigenvalue weighted by Crippen LogP contribution is -2.34. The molecule has 1 rings (SSSR count). The zero-order valence-electron chi connectivity index (χ0n) is 11.9. The molecular weight excluding hydrogens is 286 g/mol. The molecule has 0 spiro atoms. The lowest BCUT2D eigenvalue weighted by molar-refractivity contribution is -0.383. The zero-order chi connectivity index (χ0) is 16.4. The molecule has 8 nitrogen and oxygen atoms in total. The van der Waals surface area contributed by atoms with Crippen molar-refractivity contribution in [3.8, 4) is 12.1 Å². The van der Waals surface area contributed by atoms with E-state index in [0.717, 1.165) is 0 Å². The molecule has 1 N–H and O–H groups in total. The van der Waals surface area contributed by atoms with E-state index in [4.69, 9.17) is 10.5 Å². The third-order valence-corrected chi connectivity index (χ3v) is 2.82. The second-order valence-corrected chi connectivity index (χ2v) is 4.41. The topological polar surface area (TPSA) is 123 Å². The third kappa shape index (κ3) is 5.57. The van der Waals surface area contributed by atoms with Crippen LogP contribution in [0.3, 0.4) is 0 Å². The van der Waals surface area contributed by atoms with E-state index in [2.05, 4.69) is 5.32 Å². The molecule has 22 heavy (non-hydrogen) atoms. The van der Waals surface area contributed by atoms with Crippen LogP contribution in [0, 0.1) is 32.8 Å². The van der Waals surface area contributed by atoms with Crippen molar-refractivity contribution in [1.29, 1.82) is 10.5 Å². The Morgan fingerprint density at radius 2 is 1.82 bits per heavy atom. The highest BCUT2D eigenvalue weighted by Gasteiger charge is 2.16. The van der Waals surface area contributed by atoms with Crippen LogP contribution in [0.2, 0.25) is 0 Å². The van der Waals surface area contributed by atoms with E-state index in [1.165, 1.54) is 18.2 Å². The van der Waals surface area contributed by atoms with Crippen LogP contribution in [0.5, 0.6) is 0 Å². The lowest BCUT2D eigenvalue weighted by Gasteiger charge is -2.19. The standard InChI is InChI=1S/C14H15N5O3/c15-7-3-9-18(10-4-8-16)11-14(20)17-12-5-1-2-6-13(12)19(21)22/h1-2,5-6H,3-4,9-11H2,(H,17,20). The van der Waals surface area contributed by atoms with Gasteiger partial charge < -0.3 is 5.32 Å². The van der Waals surface area contributed by atoms with Crippen LogP contribution in [-0.4, -0.2) is 35.4 Å². The highest BCUT2D eigenvalue weighted by Crippen LogP contribution is 2.22. The van der Waals surface area contributed by atoms with E-state index in [1.807, 2.05) is 12.1 Å². The Balaban J connectivity index is 2.69. The van der Waals surface area contributed by atoms with Crippen molar-refractivity contribution >= 4 is 17.3 Å². The van der Waals surface area contributed by atoms with Gasteiger partial charge in [0.25, 0.3) is 5.69 Å². The summed E-state index contributed by atoms with van der Waals surface area (Å²) in [5, 5.41) is 30.5. The van der Waals surface area contributed by atoms with E-state index >= 15 is 0 Å². The SMILES string of the molecule is N#CCCN(CCC#N)CC(=O)Nc1ccccc1[N+](=O)[O-]. The van der Waals surface area contributed by atoms with Crippen LogP contribution in [0.4, 0.5) is 11.4 Å². The average Bonchev–Trinajstić information content (AvgIpc) is 2.50. The molecule has 0 atom stereocenters. The molecular formula is C14H15N5O3. The number of carbonyl (C=O) groups excluding carboxylic acids is 1. The molecule has 0 radical (unpaired) electrons. The molecule has 0 aliphatic carbocycles. The number of para-hydroxylation sites is 2. The molecule has 0 unspecified atom stereocenters. The molecule has 0 saturated heterocycles. The van der Waals surface area contributed by atoms with E-state index in [0.29, 0.717) is 13.1 Å². The predicted octanol–water partition coefficient (Wildman–Crippen LogP) is 1.66. The molecule has 0 fully saturated rings. The number of hydrogen-bond acceptors (Lipinski definition) is 6. The summed E-state index contributed by atoms with van der Waals surface area (Å²) >= 11 is 0. The number of nitro benzene ring substituents is 1. The molecule has 0 aromatic heterocycles. The Morgan fingerprint density at radius 3 is 2.36 bits per heavy atom. The molecule has 1 aromatic rings. The van der Waals surface area contributed by atoms with Gasteiger partial charge >= 0.3 is 0 Å². The maximum absolute atomic E-state index is 12.0. The number of nitrogens with zero attached hydrogens (tertiary/aromatic N) is 4. The van der Waals surface area contributed by atoms with Gasteiger partial charge in [0.2, 0.25) is 5.91 Å². The maximum atomic E-state index is 12.0. The number of amides is 1. The average molecular weight is 301 g/mol. The molecule has 8 heteroatoms. The van der Waals surface area contributed by atoms with Crippen molar-refractivity contribution in [1.82, 2.24) is 4.90 Å². The van der Waals surface area contributed by atoms with Gasteiger partial charge in [-0.1, -0.05) is 12.1 Å². The van der Waals surface area contributed by atoms with Gasteiger partial charge in [-0.05, 0) is 6.07 Å². The van der Waals surface area contributed by atoms with Gasteiger partial charge in [-0.3, -0.25) is 19.8 Å². The van der Waals surface area contributed by atoms with Gasteiger partial charge in [-0.2, -0.15) is 10.5 Å². The van der Waals surface area contributed by atoms with E-state index < -0.39 is 10.8 Å². The Labute approximate surface area is 127 Å². The minimum atomic E-state index is -0.571. The van der Waals surface area contributed by atoms with Gasteiger partial charge in [-0.15, -0.1) is 0 Å². The molecule has 1 amide bonds. The fourth-order valence-corrected chi connectivity index (χ4v) is 1.82. The molecule has 0 aliphatic heterocycles. The van der Waals surface area contributed by atoms with Crippen molar-refractivity contribution < 1.29 is 9.72 Å². The fourth-order valence-electron chi connectivity index (χ4n) is 1.82. The highest BCUT2D eigenvalue weighted by molar-refractivity contribution is 5.94. The lowest BCUT2D eigenvalue weighted by atomic mass is 10.2. The van der Waals surface area contributed by atoms with E-state index in [-0.39, 0.29) is 30.8 Å². The van der Waals surface area contributed by atoms with Crippen molar-refractivity contribution in [2.45, 2.75) is 12.8 Å². The monoisotopic (exact) mass is 301 g/mol. The Kier molecular flexibility index (Phi) is 7.03. The first-order valence-corrected chi connectivity index (χ1v) is 6.58. The Morgan fingerprint density at radius 1 is 1.23 bits per heavy atom. The first-order chi connectivity index (χ1) is 10.6. The number of nitriles is 2. The van der Waals surface area contributed by atoms with Gasteiger partial charge in [-0.25, -0.2) is 0 Å². The van der Waals surface area contributed by atoms with Crippen molar-refractivity contribution in [3.05, 3.63) is 34.4 Å². The fraction of sp³-hybridized carbons (Fsp3) is 0.357. The smallest absolute Gasteiger partial charge is 0.292 e. The second-order valence-electron chi connectivity index (χ2n) is 4.41. The number of rotatable bonds is 8. The molecule has 0 heterocycles. The minimum Gasteiger partial charge on any atom is -0.319 e. The van der Waals surface area contributed by atoms with Crippen molar-refractivity contribution in [3.63, 3.8) is 0 Å². The predicted molar refractivity (Wildman–Crippen MR) is 78.6 cm³/mol. The van der Waals surface area contributed by atoms with Crippen LogP contribution in [-0.2, 0) is 4.79 Å². The minimum absolute atomic E-state index is 0.0323. The molecule has 0 aliphatic rings. The normalized spacial score (nSPS) is 9.77. The number of hydrogen-bond donors (Lipinski definition) is 1. The Bertz CT molecular complexity index is 600. The summed E-state index contributed by atoms with van der Waals surface area (Å²) in [6, 6.07) is 9.81. The summed E-state index contributed by atoms with van der Waals surface area (Å²) in [6.07, 6.45) is 0.481. The maximum Gasteiger partial charge on any atom is 0.292 e. The van der Waals surface area contributed by atoms with Gasteiger partial charge in [0.1, 0.15) is 5.69 Å². The summed E-state index contributed by atoms with van der Waals surface area (Å²) in [7, 11) is 0. The summed E-state index contributed by atoms with van der Waals surface area (Å²) in [6.45, 7) is 0.695. The zero-order valence-corrected chi connectivity index (χ0v) is 11.9. The van der Waals surface area contributed by atoms with Crippen molar-refractivity contribution in [2.75, 3.05) is 25.0 Å². The molecule has 0 saturated carbocycles. The third-order valence-electron chi connectivity index (χ3n) is 2.82. The first-order valence-electron chi connectivity index (χ1n) is 6.58. The van der Waals surface area contributed by atoms with Crippen LogP contribution in [0.1, 0.15) is 12.8 Å². The number of carbonyl (C=O) groups is 1. The number of nitrogens with one attached hydrogen (secondary N) is 1. The number of nitro groups is 1. The van der Waals surface area contributed by atoms with E-state index in [1.54, 1.807) is 11.0 Å². The summed E-state index contributed by atoms with van der Waals surface area (Å²) in [4.78, 5) is 24.0. The quantitative estimate of drug-likeness (QED) is 0.575. The highest BCUT2D eigenvalue weighted by atomic mass is 16.6. The van der Waals surface area contributed by atoms with Crippen molar-refractivity contribution in [2.24, 2.45) is 0 Å². The molecule has 0 bridgehead atoms. The van der Waals surface area contributed by atoms with Gasteiger partial charge in [0.05, 0.1) is 23.6 Å². The van der Waals surface area contributed by atoms with Crippen LogP contribution in [0.15, 0.2) is 24.3 Å². The number of benzene rings is 1. The number of anilines is 1.